The smallest absolute Gasteiger partial charge is 0.146 e. The van der Waals surface area contributed by atoms with Crippen molar-refractivity contribution in [3.05, 3.63) is 24.0 Å². The molecule has 2 nitrogen and oxygen atoms in total. The fourth-order valence-electron chi connectivity index (χ4n) is 1.98. The second kappa shape index (κ2) is 4.09. The molecule has 0 unspecified atom stereocenters. The second-order valence-electron chi connectivity index (χ2n) is 4.26. The van der Waals surface area contributed by atoms with Crippen molar-refractivity contribution in [2.75, 3.05) is 12.4 Å². The first kappa shape index (κ1) is 10.3. The van der Waals surface area contributed by atoms with Crippen molar-refractivity contribution in [3.63, 3.8) is 0 Å². The number of ether oxygens (including phenoxy) is 1. The van der Waals surface area contributed by atoms with E-state index in [4.69, 9.17) is 4.74 Å². The molecule has 2 rings (SSSR count). The molecule has 1 fully saturated rings. The van der Waals surface area contributed by atoms with Crippen LogP contribution >= 0.6 is 0 Å². The normalized spacial score (nSPS) is 24.5. The number of methoxy groups -OCH3 is 1. The third-order valence-corrected chi connectivity index (χ3v) is 2.91. The lowest BCUT2D eigenvalue weighted by Crippen LogP contribution is -2.34. The Morgan fingerprint density at radius 1 is 1.40 bits per heavy atom. The molecule has 1 aromatic rings. The zero-order valence-corrected chi connectivity index (χ0v) is 9.09. The molecule has 0 atom stereocenters. The lowest BCUT2D eigenvalue weighted by molar-refractivity contribution is 0.308. The molecule has 15 heavy (non-hydrogen) atoms. The van der Waals surface area contributed by atoms with Crippen molar-refractivity contribution < 1.29 is 9.13 Å². The molecule has 0 radical (unpaired) electrons. The highest BCUT2D eigenvalue weighted by atomic mass is 19.1. The van der Waals surface area contributed by atoms with Crippen LogP contribution in [0.25, 0.3) is 0 Å². The summed E-state index contributed by atoms with van der Waals surface area (Å²) in [5.74, 6) is 1.23. The van der Waals surface area contributed by atoms with Gasteiger partial charge in [0.15, 0.2) is 0 Å². The summed E-state index contributed by atoms with van der Waals surface area (Å²) in [5, 5.41) is 3.20. The van der Waals surface area contributed by atoms with Crippen LogP contribution in [0.1, 0.15) is 19.8 Å². The van der Waals surface area contributed by atoms with Crippen molar-refractivity contribution in [3.8, 4) is 5.75 Å². The van der Waals surface area contributed by atoms with E-state index in [-0.39, 0.29) is 5.82 Å². The van der Waals surface area contributed by atoms with Gasteiger partial charge in [0.2, 0.25) is 0 Å². The van der Waals surface area contributed by atoms with Gasteiger partial charge in [-0.1, -0.05) is 6.92 Å². The number of benzene rings is 1. The van der Waals surface area contributed by atoms with Gasteiger partial charge >= 0.3 is 0 Å². The summed E-state index contributed by atoms with van der Waals surface area (Å²) < 4.78 is 18.5. The Hall–Kier alpha value is -1.25. The molecule has 1 aliphatic carbocycles. The number of halogens is 1. The van der Waals surface area contributed by atoms with Gasteiger partial charge in [0, 0.05) is 12.1 Å². The van der Waals surface area contributed by atoms with Crippen LogP contribution in [-0.2, 0) is 0 Å². The summed E-state index contributed by atoms with van der Waals surface area (Å²) in [6.07, 6.45) is 2.24. The van der Waals surface area contributed by atoms with Gasteiger partial charge < -0.3 is 10.1 Å². The molecule has 0 heterocycles. The summed E-state index contributed by atoms with van der Waals surface area (Å²) in [4.78, 5) is 0. The van der Waals surface area contributed by atoms with Gasteiger partial charge in [0.05, 0.1) is 12.8 Å². The molecular formula is C12H16FNO. The van der Waals surface area contributed by atoms with E-state index in [1.165, 1.54) is 6.07 Å². The predicted octanol–water partition coefficient (Wildman–Crippen LogP) is 3.04. The molecule has 1 N–H and O–H groups in total. The van der Waals surface area contributed by atoms with Crippen molar-refractivity contribution >= 4 is 5.69 Å². The Morgan fingerprint density at radius 2 is 2.13 bits per heavy atom. The first-order chi connectivity index (χ1) is 7.19. The summed E-state index contributed by atoms with van der Waals surface area (Å²) in [6.45, 7) is 2.21. The maximum atomic E-state index is 13.4. The molecular weight excluding hydrogens is 193 g/mol. The lowest BCUT2D eigenvalue weighted by atomic mass is 9.82. The minimum absolute atomic E-state index is 0.213. The highest BCUT2D eigenvalue weighted by Crippen LogP contribution is 2.31. The van der Waals surface area contributed by atoms with E-state index >= 15 is 0 Å². The van der Waals surface area contributed by atoms with Gasteiger partial charge in [-0.3, -0.25) is 0 Å². The third-order valence-electron chi connectivity index (χ3n) is 2.91. The maximum Gasteiger partial charge on any atom is 0.146 e. The Balaban J connectivity index is 2.06. The molecule has 82 valence electrons. The van der Waals surface area contributed by atoms with Crippen molar-refractivity contribution in [1.29, 1.82) is 0 Å². The van der Waals surface area contributed by atoms with Crippen LogP contribution in [-0.4, -0.2) is 13.2 Å². The molecule has 1 aromatic carbocycles. The van der Waals surface area contributed by atoms with Crippen molar-refractivity contribution in [2.45, 2.75) is 25.8 Å². The van der Waals surface area contributed by atoms with Gasteiger partial charge in [0.25, 0.3) is 0 Å². The Kier molecular flexibility index (Phi) is 2.80. The summed E-state index contributed by atoms with van der Waals surface area (Å²) in [6, 6.07) is 5.19. The zero-order chi connectivity index (χ0) is 10.8. The Morgan fingerprint density at radius 3 is 2.73 bits per heavy atom. The van der Waals surface area contributed by atoms with Crippen molar-refractivity contribution in [1.82, 2.24) is 0 Å². The quantitative estimate of drug-likeness (QED) is 0.826. The van der Waals surface area contributed by atoms with Gasteiger partial charge in [-0.15, -0.1) is 0 Å². The standard InChI is InChI=1S/C12H16FNO/c1-8-5-9(6-8)14-12-7-10(15-2)3-4-11(12)13/h3-4,7-9,14H,5-6H2,1-2H3. The van der Waals surface area contributed by atoms with E-state index in [0.29, 0.717) is 17.5 Å². The third kappa shape index (κ3) is 2.22. The molecule has 0 saturated heterocycles. The fourth-order valence-corrected chi connectivity index (χ4v) is 1.98. The average molecular weight is 209 g/mol. The molecule has 1 aliphatic rings. The number of nitrogens with one attached hydrogen (secondary N) is 1. The van der Waals surface area contributed by atoms with E-state index in [1.54, 1.807) is 19.2 Å². The van der Waals surface area contributed by atoms with Crippen LogP contribution in [0.15, 0.2) is 18.2 Å². The summed E-state index contributed by atoms with van der Waals surface area (Å²) in [7, 11) is 1.59. The van der Waals surface area contributed by atoms with E-state index in [2.05, 4.69) is 12.2 Å². The van der Waals surface area contributed by atoms with E-state index < -0.39 is 0 Å². The number of anilines is 1. The lowest BCUT2D eigenvalue weighted by Gasteiger charge is -2.34. The van der Waals surface area contributed by atoms with E-state index in [9.17, 15) is 4.39 Å². The van der Waals surface area contributed by atoms with Gasteiger partial charge in [-0.25, -0.2) is 4.39 Å². The summed E-state index contributed by atoms with van der Waals surface area (Å²) in [5.41, 5.74) is 0.547. The molecule has 1 saturated carbocycles. The van der Waals surface area contributed by atoms with Crippen molar-refractivity contribution in [2.24, 2.45) is 5.92 Å². The number of hydrogen-bond acceptors (Lipinski definition) is 2. The highest BCUT2D eigenvalue weighted by Gasteiger charge is 2.25. The van der Waals surface area contributed by atoms with Gasteiger partial charge in [-0.2, -0.15) is 0 Å². The molecule has 0 spiro atoms. The number of hydrogen-bond donors (Lipinski definition) is 1. The Bertz CT molecular complexity index is 347. The monoisotopic (exact) mass is 209 g/mol. The fraction of sp³-hybridized carbons (Fsp3) is 0.500. The Labute approximate surface area is 89.4 Å². The molecule has 0 aromatic heterocycles. The second-order valence-corrected chi connectivity index (χ2v) is 4.26. The highest BCUT2D eigenvalue weighted by molar-refractivity contribution is 5.50. The van der Waals surface area contributed by atoms with Crippen LogP contribution in [0.4, 0.5) is 10.1 Å². The largest absolute Gasteiger partial charge is 0.497 e. The minimum Gasteiger partial charge on any atom is -0.497 e. The van der Waals surface area contributed by atoms with Crippen LogP contribution in [0.2, 0.25) is 0 Å². The SMILES string of the molecule is COc1ccc(F)c(NC2CC(C)C2)c1. The maximum absolute atomic E-state index is 13.4. The summed E-state index contributed by atoms with van der Waals surface area (Å²) >= 11 is 0. The predicted molar refractivity (Wildman–Crippen MR) is 58.8 cm³/mol. The minimum atomic E-state index is -0.213. The van der Waals surface area contributed by atoms with E-state index in [1.807, 2.05) is 0 Å². The zero-order valence-electron chi connectivity index (χ0n) is 9.09. The van der Waals surface area contributed by atoms with Gasteiger partial charge in [-0.05, 0) is 30.9 Å². The topological polar surface area (TPSA) is 21.3 Å². The van der Waals surface area contributed by atoms with Crippen LogP contribution in [0.5, 0.6) is 5.75 Å². The van der Waals surface area contributed by atoms with Crippen LogP contribution < -0.4 is 10.1 Å². The number of rotatable bonds is 3. The van der Waals surface area contributed by atoms with Crippen LogP contribution in [0, 0.1) is 11.7 Å². The first-order valence-electron chi connectivity index (χ1n) is 5.29. The molecule has 0 amide bonds. The van der Waals surface area contributed by atoms with Crippen LogP contribution in [0.3, 0.4) is 0 Å². The van der Waals surface area contributed by atoms with E-state index in [0.717, 1.165) is 18.8 Å². The first-order valence-corrected chi connectivity index (χ1v) is 5.29. The molecule has 3 heteroatoms. The average Bonchev–Trinajstić information content (AvgIpc) is 2.19. The van der Waals surface area contributed by atoms with Gasteiger partial charge in [0.1, 0.15) is 11.6 Å². The molecule has 0 aliphatic heterocycles. The molecule has 0 bridgehead atoms.